The number of rotatable bonds is 4. The van der Waals surface area contributed by atoms with E-state index >= 15 is 0 Å². The van der Waals surface area contributed by atoms with Crippen molar-refractivity contribution in [3.05, 3.63) is 35.9 Å². The lowest BCUT2D eigenvalue weighted by molar-refractivity contribution is -0.103. The monoisotopic (exact) mass is 204 g/mol. The molecule has 0 heterocycles. The lowest BCUT2D eigenvalue weighted by Gasteiger charge is -2.04. The van der Waals surface area contributed by atoms with Crippen molar-refractivity contribution < 1.29 is 9.53 Å². The summed E-state index contributed by atoms with van der Waals surface area (Å²) in [6.45, 7) is 4.10. The quantitative estimate of drug-likeness (QED) is 0.556. The Hall–Kier alpha value is -1.57. The van der Waals surface area contributed by atoms with Crippen molar-refractivity contribution in [2.24, 2.45) is 5.92 Å². The predicted octanol–water partition coefficient (Wildman–Crippen LogP) is 2.93. The van der Waals surface area contributed by atoms with Crippen LogP contribution in [-0.2, 0) is 4.79 Å². The Morgan fingerprint density at radius 1 is 1.27 bits per heavy atom. The van der Waals surface area contributed by atoms with Crippen LogP contribution in [0.4, 0.5) is 0 Å². The zero-order valence-corrected chi connectivity index (χ0v) is 9.36. The summed E-state index contributed by atoms with van der Waals surface area (Å²) in [5, 5.41) is 0. The van der Waals surface area contributed by atoms with Gasteiger partial charge in [-0.3, -0.25) is 4.79 Å². The molecule has 0 unspecified atom stereocenters. The average Bonchev–Trinajstić information content (AvgIpc) is 2.26. The molecule has 0 aromatic heterocycles. The van der Waals surface area contributed by atoms with Crippen LogP contribution < -0.4 is 4.74 Å². The normalized spacial score (nSPS) is 11.6. The van der Waals surface area contributed by atoms with Gasteiger partial charge >= 0.3 is 0 Å². The Labute approximate surface area is 90.6 Å². The molecule has 1 aromatic rings. The molecule has 0 fully saturated rings. The highest BCUT2D eigenvalue weighted by Gasteiger charge is 2.01. The average molecular weight is 204 g/mol. The molecule has 0 atom stereocenters. The molecule has 0 saturated heterocycles. The van der Waals surface area contributed by atoms with Gasteiger partial charge in [0, 0.05) is 5.57 Å². The van der Waals surface area contributed by atoms with Gasteiger partial charge in [0.25, 0.3) is 0 Å². The molecular formula is C13H16O2. The van der Waals surface area contributed by atoms with Crippen LogP contribution in [0.5, 0.6) is 5.75 Å². The summed E-state index contributed by atoms with van der Waals surface area (Å²) in [5.74, 6) is 1.17. The minimum Gasteiger partial charge on any atom is -0.497 e. The predicted molar refractivity (Wildman–Crippen MR) is 61.9 cm³/mol. The van der Waals surface area contributed by atoms with Crippen LogP contribution in [0.25, 0.3) is 5.57 Å². The first-order valence-corrected chi connectivity index (χ1v) is 4.98. The second-order valence-electron chi connectivity index (χ2n) is 3.71. The second-order valence-corrected chi connectivity index (χ2v) is 3.71. The number of hydrogen-bond acceptors (Lipinski definition) is 2. The maximum atomic E-state index is 10.9. The number of ether oxygens (including phenoxy) is 1. The van der Waals surface area contributed by atoms with Gasteiger partial charge in [0.2, 0.25) is 0 Å². The van der Waals surface area contributed by atoms with Crippen molar-refractivity contribution in [2.45, 2.75) is 13.8 Å². The molecule has 80 valence electrons. The SMILES string of the molecule is COc1ccc(/C(C=O)=C/C(C)C)cc1. The van der Waals surface area contributed by atoms with Gasteiger partial charge in [-0.15, -0.1) is 0 Å². The van der Waals surface area contributed by atoms with E-state index in [0.717, 1.165) is 23.2 Å². The molecule has 0 aliphatic heterocycles. The van der Waals surface area contributed by atoms with Gasteiger partial charge in [-0.2, -0.15) is 0 Å². The zero-order valence-electron chi connectivity index (χ0n) is 9.36. The third-order valence-corrected chi connectivity index (χ3v) is 2.06. The van der Waals surface area contributed by atoms with Crippen LogP contribution >= 0.6 is 0 Å². The minimum atomic E-state index is 0.368. The second kappa shape index (κ2) is 5.35. The maximum Gasteiger partial charge on any atom is 0.150 e. The van der Waals surface area contributed by atoms with E-state index in [1.54, 1.807) is 7.11 Å². The van der Waals surface area contributed by atoms with Gasteiger partial charge in [-0.05, 0) is 23.6 Å². The summed E-state index contributed by atoms with van der Waals surface area (Å²) in [6, 6.07) is 7.49. The van der Waals surface area contributed by atoms with E-state index in [-0.39, 0.29) is 0 Å². The van der Waals surface area contributed by atoms with Gasteiger partial charge in [0.1, 0.15) is 12.0 Å². The molecule has 2 nitrogen and oxygen atoms in total. The van der Waals surface area contributed by atoms with Gasteiger partial charge in [-0.25, -0.2) is 0 Å². The molecule has 0 bridgehead atoms. The maximum absolute atomic E-state index is 10.9. The van der Waals surface area contributed by atoms with Crippen LogP contribution in [0.2, 0.25) is 0 Å². The largest absolute Gasteiger partial charge is 0.497 e. The van der Waals surface area contributed by atoms with E-state index in [0.29, 0.717) is 5.92 Å². The Bertz CT molecular complexity index is 347. The van der Waals surface area contributed by atoms with Crippen LogP contribution in [0.15, 0.2) is 30.3 Å². The number of carbonyl (C=O) groups is 1. The molecule has 1 aromatic carbocycles. The molecule has 1 rings (SSSR count). The van der Waals surface area contributed by atoms with E-state index < -0.39 is 0 Å². The molecule has 0 saturated carbocycles. The first-order valence-electron chi connectivity index (χ1n) is 4.98. The van der Waals surface area contributed by atoms with Crippen molar-refractivity contribution in [3.63, 3.8) is 0 Å². The molecule has 0 aliphatic rings. The Morgan fingerprint density at radius 2 is 1.87 bits per heavy atom. The highest BCUT2D eigenvalue weighted by molar-refractivity contribution is 6.06. The van der Waals surface area contributed by atoms with E-state index in [2.05, 4.69) is 0 Å². The lowest BCUT2D eigenvalue weighted by atomic mass is 10.0. The first-order chi connectivity index (χ1) is 7.17. The number of benzene rings is 1. The smallest absolute Gasteiger partial charge is 0.150 e. The topological polar surface area (TPSA) is 26.3 Å². The highest BCUT2D eigenvalue weighted by Crippen LogP contribution is 2.18. The van der Waals surface area contributed by atoms with Crippen molar-refractivity contribution in [1.29, 1.82) is 0 Å². The summed E-state index contributed by atoms with van der Waals surface area (Å²) >= 11 is 0. The number of carbonyl (C=O) groups excluding carboxylic acids is 1. The molecule has 15 heavy (non-hydrogen) atoms. The van der Waals surface area contributed by atoms with Gasteiger partial charge < -0.3 is 4.74 Å². The van der Waals surface area contributed by atoms with Crippen LogP contribution in [0.3, 0.4) is 0 Å². The molecule has 0 spiro atoms. The van der Waals surface area contributed by atoms with E-state index in [1.165, 1.54) is 0 Å². The van der Waals surface area contributed by atoms with Crippen molar-refractivity contribution in [2.75, 3.05) is 7.11 Å². The molecule has 0 aliphatic carbocycles. The van der Waals surface area contributed by atoms with Crippen molar-refractivity contribution in [1.82, 2.24) is 0 Å². The molecule has 0 N–H and O–H groups in total. The summed E-state index contributed by atoms with van der Waals surface area (Å²) in [5.41, 5.74) is 1.66. The fourth-order valence-electron chi connectivity index (χ4n) is 1.35. The molecule has 0 amide bonds. The Kier molecular flexibility index (Phi) is 4.10. The highest BCUT2D eigenvalue weighted by atomic mass is 16.5. The molecule has 2 heteroatoms. The molecule has 0 radical (unpaired) electrons. The number of aldehydes is 1. The number of methoxy groups -OCH3 is 1. The number of hydrogen-bond donors (Lipinski definition) is 0. The standard InChI is InChI=1S/C13H16O2/c1-10(2)8-12(9-14)11-4-6-13(15-3)7-5-11/h4-10H,1-3H3/b12-8+. The third kappa shape index (κ3) is 3.24. The van der Waals surface area contributed by atoms with E-state index in [1.807, 2.05) is 44.2 Å². The summed E-state index contributed by atoms with van der Waals surface area (Å²) in [6.07, 6.45) is 2.84. The lowest BCUT2D eigenvalue weighted by Crippen LogP contribution is -1.90. The van der Waals surface area contributed by atoms with Crippen LogP contribution in [0, 0.1) is 5.92 Å². The summed E-state index contributed by atoms with van der Waals surface area (Å²) in [4.78, 5) is 10.9. The van der Waals surface area contributed by atoms with Crippen LogP contribution in [-0.4, -0.2) is 13.4 Å². The van der Waals surface area contributed by atoms with Gasteiger partial charge in [0.15, 0.2) is 0 Å². The van der Waals surface area contributed by atoms with Crippen molar-refractivity contribution >= 4 is 11.9 Å². The minimum absolute atomic E-state index is 0.368. The third-order valence-electron chi connectivity index (χ3n) is 2.06. The first kappa shape index (κ1) is 11.5. The molecular weight excluding hydrogens is 188 g/mol. The number of allylic oxidation sites excluding steroid dienone is 2. The van der Waals surface area contributed by atoms with E-state index in [4.69, 9.17) is 4.74 Å². The Balaban J connectivity index is 2.98. The van der Waals surface area contributed by atoms with Gasteiger partial charge in [0.05, 0.1) is 7.11 Å². The summed E-state index contributed by atoms with van der Waals surface area (Å²) < 4.78 is 5.06. The zero-order chi connectivity index (χ0) is 11.3. The Morgan fingerprint density at radius 3 is 2.27 bits per heavy atom. The fraction of sp³-hybridized carbons (Fsp3) is 0.308. The van der Waals surface area contributed by atoms with Gasteiger partial charge in [-0.1, -0.05) is 32.1 Å². The van der Waals surface area contributed by atoms with E-state index in [9.17, 15) is 4.79 Å². The summed E-state index contributed by atoms with van der Waals surface area (Å²) in [7, 11) is 1.62. The van der Waals surface area contributed by atoms with Crippen molar-refractivity contribution in [3.8, 4) is 5.75 Å². The van der Waals surface area contributed by atoms with Crippen LogP contribution in [0.1, 0.15) is 19.4 Å². The fourth-order valence-corrected chi connectivity index (χ4v) is 1.35.